The maximum atomic E-state index is 11.9. The van der Waals surface area contributed by atoms with Gasteiger partial charge in [0.15, 0.2) is 5.96 Å². The molecule has 0 fully saturated rings. The molecule has 0 aliphatic rings. The molecular formula is C17H26N4O. The van der Waals surface area contributed by atoms with Crippen molar-refractivity contribution in [2.45, 2.75) is 26.8 Å². The second kappa shape index (κ2) is 9.60. The lowest BCUT2D eigenvalue weighted by Gasteiger charge is -2.13. The number of hydrogen-bond donors (Lipinski definition) is 3. The summed E-state index contributed by atoms with van der Waals surface area (Å²) >= 11 is 0. The average Bonchev–Trinajstić information content (AvgIpc) is 2.54. The molecule has 0 saturated heterocycles. The van der Waals surface area contributed by atoms with Crippen molar-refractivity contribution < 1.29 is 4.79 Å². The number of nitrogens with one attached hydrogen (secondary N) is 3. The van der Waals surface area contributed by atoms with Crippen molar-refractivity contribution in [2.24, 2.45) is 10.9 Å². The van der Waals surface area contributed by atoms with Gasteiger partial charge in [-0.3, -0.25) is 9.79 Å². The van der Waals surface area contributed by atoms with Crippen molar-refractivity contribution in [1.82, 2.24) is 10.6 Å². The minimum absolute atomic E-state index is 0.0173. The molecule has 1 atom stereocenters. The molecule has 1 unspecified atom stereocenters. The molecule has 0 radical (unpaired) electrons. The van der Waals surface area contributed by atoms with E-state index in [2.05, 4.69) is 27.5 Å². The first kappa shape index (κ1) is 17.8. The van der Waals surface area contributed by atoms with E-state index in [1.54, 1.807) is 13.1 Å². The van der Waals surface area contributed by atoms with Gasteiger partial charge in [-0.1, -0.05) is 32.1 Å². The number of hydrogen-bond acceptors (Lipinski definition) is 2. The van der Waals surface area contributed by atoms with Gasteiger partial charge in [-0.25, -0.2) is 0 Å². The van der Waals surface area contributed by atoms with E-state index in [-0.39, 0.29) is 11.8 Å². The Labute approximate surface area is 132 Å². The summed E-state index contributed by atoms with van der Waals surface area (Å²) in [5.74, 6) is 0.786. The number of amides is 1. The number of anilines is 1. The van der Waals surface area contributed by atoms with E-state index in [0.717, 1.165) is 17.7 Å². The van der Waals surface area contributed by atoms with Crippen LogP contribution in [0.3, 0.4) is 0 Å². The molecule has 0 spiro atoms. The molecule has 5 nitrogen and oxygen atoms in total. The predicted octanol–water partition coefficient (Wildman–Crippen LogP) is 2.52. The third kappa shape index (κ3) is 5.99. The zero-order chi connectivity index (χ0) is 16.4. The Morgan fingerprint density at radius 3 is 2.82 bits per heavy atom. The van der Waals surface area contributed by atoms with Gasteiger partial charge in [-0.2, -0.15) is 0 Å². The van der Waals surface area contributed by atoms with Crippen molar-refractivity contribution >= 4 is 17.6 Å². The van der Waals surface area contributed by atoms with Crippen LogP contribution in [0.25, 0.3) is 0 Å². The minimum Gasteiger partial charge on any atom is -0.353 e. The Bertz CT molecular complexity index is 525. The summed E-state index contributed by atoms with van der Waals surface area (Å²) in [5, 5.41) is 9.27. The zero-order valence-electron chi connectivity index (χ0n) is 13.6. The van der Waals surface area contributed by atoms with Crippen molar-refractivity contribution in [2.75, 3.05) is 18.9 Å². The molecule has 0 aliphatic carbocycles. The highest BCUT2D eigenvalue weighted by Gasteiger charge is 2.10. The Hall–Kier alpha value is -2.30. The summed E-state index contributed by atoms with van der Waals surface area (Å²) < 4.78 is 0. The maximum Gasteiger partial charge on any atom is 0.227 e. The van der Waals surface area contributed by atoms with Crippen LogP contribution in [0, 0.1) is 5.92 Å². The number of aliphatic imine (C=N–C) groups is 1. The van der Waals surface area contributed by atoms with Crippen molar-refractivity contribution in [3.05, 3.63) is 42.5 Å². The van der Waals surface area contributed by atoms with Gasteiger partial charge in [0, 0.05) is 31.7 Å². The second-order valence-electron chi connectivity index (χ2n) is 5.09. The van der Waals surface area contributed by atoms with Crippen LogP contribution in [-0.4, -0.2) is 25.5 Å². The molecule has 1 rings (SSSR count). The molecule has 120 valence electrons. The van der Waals surface area contributed by atoms with Crippen LogP contribution in [0.5, 0.6) is 0 Å². The van der Waals surface area contributed by atoms with Gasteiger partial charge in [-0.15, -0.1) is 6.58 Å². The zero-order valence-corrected chi connectivity index (χ0v) is 13.6. The summed E-state index contributed by atoms with van der Waals surface area (Å²) in [4.78, 5) is 16.0. The van der Waals surface area contributed by atoms with Gasteiger partial charge in [0.05, 0.1) is 0 Å². The first-order valence-electron chi connectivity index (χ1n) is 7.55. The fourth-order valence-corrected chi connectivity index (χ4v) is 1.79. The average molecular weight is 302 g/mol. The van der Waals surface area contributed by atoms with Gasteiger partial charge < -0.3 is 16.0 Å². The van der Waals surface area contributed by atoms with E-state index >= 15 is 0 Å². The van der Waals surface area contributed by atoms with Crippen LogP contribution < -0.4 is 16.0 Å². The molecule has 0 aliphatic heterocycles. The fraction of sp³-hybridized carbons (Fsp3) is 0.412. The molecule has 0 bridgehead atoms. The standard InChI is InChI=1S/C17H26N4O/c1-5-10-19-17(18-4)20-12-14-8-7-9-15(11-14)21-16(22)13(3)6-2/h5,7-9,11,13H,1,6,10,12H2,2-4H3,(H,21,22)(H2,18,19,20). The number of guanidine groups is 1. The highest BCUT2D eigenvalue weighted by atomic mass is 16.1. The first-order valence-corrected chi connectivity index (χ1v) is 7.55. The van der Waals surface area contributed by atoms with E-state index in [9.17, 15) is 4.79 Å². The van der Waals surface area contributed by atoms with Gasteiger partial charge in [-0.05, 0) is 24.1 Å². The topological polar surface area (TPSA) is 65.5 Å². The number of rotatable bonds is 7. The van der Waals surface area contributed by atoms with Gasteiger partial charge in [0.25, 0.3) is 0 Å². The van der Waals surface area contributed by atoms with Crippen LogP contribution in [0.4, 0.5) is 5.69 Å². The molecule has 1 aromatic rings. The molecule has 0 heterocycles. The summed E-state index contributed by atoms with van der Waals surface area (Å²) in [5.41, 5.74) is 1.89. The molecule has 3 N–H and O–H groups in total. The molecule has 1 aromatic carbocycles. The smallest absolute Gasteiger partial charge is 0.227 e. The Kier molecular flexibility index (Phi) is 7.75. The number of benzene rings is 1. The first-order chi connectivity index (χ1) is 10.6. The van der Waals surface area contributed by atoms with Gasteiger partial charge in [0.1, 0.15) is 0 Å². The van der Waals surface area contributed by atoms with Crippen LogP contribution >= 0.6 is 0 Å². The fourth-order valence-electron chi connectivity index (χ4n) is 1.79. The third-order valence-corrected chi connectivity index (χ3v) is 3.35. The van der Waals surface area contributed by atoms with Crippen LogP contribution in [-0.2, 0) is 11.3 Å². The van der Waals surface area contributed by atoms with Crippen molar-refractivity contribution in [3.8, 4) is 0 Å². The largest absolute Gasteiger partial charge is 0.353 e. The lowest BCUT2D eigenvalue weighted by molar-refractivity contribution is -0.119. The molecule has 0 aromatic heterocycles. The SMILES string of the molecule is C=CCNC(=NC)NCc1cccc(NC(=O)C(C)CC)c1. The molecule has 22 heavy (non-hydrogen) atoms. The Morgan fingerprint density at radius 1 is 1.41 bits per heavy atom. The summed E-state index contributed by atoms with van der Waals surface area (Å²) in [6.45, 7) is 8.88. The quantitative estimate of drug-likeness (QED) is 0.412. The lowest BCUT2D eigenvalue weighted by Crippen LogP contribution is -2.36. The lowest BCUT2D eigenvalue weighted by atomic mass is 10.1. The van der Waals surface area contributed by atoms with E-state index < -0.39 is 0 Å². The predicted molar refractivity (Wildman–Crippen MR) is 92.9 cm³/mol. The van der Waals surface area contributed by atoms with E-state index in [1.165, 1.54) is 0 Å². The third-order valence-electron chi connectivity index (χ3n) is 3.35. The van der Waals surface area contributed by atoms with Crippen LogP contribution in [0.2, 0.25) is 0 Å². The maximum absolute atomic E-state index is 11.9. The molecule has 1 amide bonds. The van der Waals surface area contributed by atoms with E-state index in [0.29, 0.717) is 19.0 Å². The highest BCUT2D eigenvalue weighted by molar-refractivity contribution is 5.92. The van der Waals surface area contributed by atoms with Gasteiger partial charge in [0.2, 0.25) is 5.91 Å². The number of nitrogens with zero attached hydrogens (tertiary/aromatic N) is 1. The summed E-state index contributed by atoms with van der Waals surface area (Å²) in [6.07, 6.45) is 2.61. The normalized spacial score (nSPS) is 12.4. The van der Waals surface area contributed by atoms with Crippen molar-refractivity contribution in [1.29, 1.82) is 0 Å². The molecular weight excluding hydrogens is 276 g/mol. The Balaban J connectivity index is 2.60. The van der Waals surface area contributed by atoms with Gasteiger partial charge >= 0.3 is 0 Å². The summed E-state index contributed by atoms with van der Waals surface area (Å²) in [6, 6.07) is 7.80. The van der Waals surface area contributed by atoms with Crippen LogP contribution in [0.1, 0.15) is 25.8 Å². The highest BCUT2D eigenvalue weighted by Crippen LogP contribution is 2.13. The molecule has 0 saturated carbocycles. The second-order valence-corrected chi connectivity index (χ2v) is 5.09. The molecule has 5 heteroatoms. The van der Waals surface area contributed by atoms with E-state index in [4.69, 9.17) is 0 Å². The summed E-state index contributed by atoms with van der Waals surface area (Å²) in [7, 11) is 1.72. The number of carbonyl (C=O) groups excluding carboxylic acids is 1. The van der Waals surface area contributed by atoms with E-state index in [1.807, 2.05) is 38.1 Å². The van der Waals surface area contributed by atoms with Crippen molar-refractivity contribution in [3.63, 3.8) is 0 Å². The van der Waals surface area contributed by atoms with Crippen LogP contribution in [0.15, 0.2) is 41.9 Å². The minimum atomic E-state index is 0.0173. The Morgan fingerprint density at radius 2 is 2.18 bits per heavy atom. The monoisotopic (exact) mass is 302 g/mol. The number of carbonyl (C=O) groups is 1.